The second-order valence-corrected chi connectivity index (χ2v) is 7.77. The number of Topliss-reactive ketones (excluding diaryl/α,β-unsaturated/α-hetero) is 1. The van der Waals surface area contributed by atoms with Crippen molar-refractivity contribution in [2.75, 3.05) is 26.4 Å². The van der Waals surface area contributed by atoms with E-state index in [2.05, 4.69) is 0 Å². The molecule has 1 fully saturated rings. The summed E-state index contributed by atoms with van der Waals surface area (Å²) in [6, 6.07) is 11.6. The molecule has 0 spiro atoms. The van der Waals surface area contributed by atoms with E-state index in [9.17, 15) is 14.7 Å². The van der Waals surface area contributed by atoms with Crippen LogP contribution < -0.4 is 14.2 Å². The number of hydrogen-bond donors (Lipinski definition) is 1. The number of rotatable bonds is 7. The van der Waals surface area contributed by atoms with Gasteiger partial charge < -0.3 is 24.2 Å². The number of carbonyl (C=O) groups is 2. The van der Waals surface area contributed by atoms with Gasteiger partial charge in [-0.05, 0) is 48.7 Å². The topological polar surface area (TPSA) is 85.3 Å². The Morgan fingerprint density at radius 2 is 1.75 bits per heavy atom. The van der Waals surface area contributed by atoms with Gasteiger partial charge in [0.15, 0.2) is 11.5 Å². The zero-order valence-electron chi connectivity index (χ0n) is 18.3. The summed E-state index contributed by atoms with van der Waals surface area (Å²) in [5, 5.41) is 11.2. The van der Waals surface area contributed by atoms with E-state index >= 15 is 0 Å². The Labute approximate surface area is 187 Å². The molecule has 168 valence electrons. The van der Waals surface area contributed by atoms with Gasteiger partial charge in [-0.15, -0.1) is 0 Å². The highest BCUT2D eigenvalue weighted by molar-refractivity contribution is 6.46. The summed E-state index contributed by atoms with van der Waals surface area (Å²) in [7, 11) is 0. The second kappa shape index (κ2) is 9.34. The summed E-state index contributed by atoms with van der Waals surface area (Å²) < 4.78 is 16.8. The van der Waals surface area contributed by atoms with E-state index in [0.29, 0.717) is 49.8 Å². The van der Waals surface area contributed by atoms with Crippen molar-refractivity contribution in [2.24, 2.45) is 0 Å². The molecule has 1 saturated heterocycles. The summed E-state index contributed by atoms with van der Waals surface area (Å²) in [5.41, 5.74) is 1.21. The number of amides is 1. The largest absolute Gasteiger partial charge is 0.507 e. The van der Waals surface area contributed by atoms with E-state index in [1.54, 1.807) is 18.2 Å². The van der Waals surface area contributed by atoms with E-state index in [4.69, 9.17) is 14.2 Å². The van der Waals surface area contributed by atoms with Crippen molar-refractivity contribution in [2.45, 2.75) is 32.7 Å². The fraction of sp³-hybridized carbons (Fsp3) is 0.360. The van der Waals surface area contributed by atoms with Crippen molar-refractivity contribution in [3.05, 3.63) is 59.2 Å². The molecule has 0 radical (unpaired) electrons. The normalized spacial score (nSPS) is 19.3. The molecule has 2 aliphatic heterocycles. The van der Waals surface area contributed by atoms with Crippen molar-refractivity contribution in [3.8, 4) is 17.2 Å². The Bertz CT molecular complexity index is 1040. The molecule has 0 saturated carbocycles. The standard InChI is InChI=1S/C25H27NO6/c1-3-11-26-22(16-5-8-18(9-6-16)30-12-4-2)21(24(28)25(26)29)23(27)17-7-10-19-20(15-17)32-14-13-31-19/h5-10,15,22,27H,3-4,11-14H2,1-2H3/b23-21-. The van der Waals surface area contributed by atoms with Crippen LogP contribution in [0.25, 0.3) is 5.76 Å². The van der Waals surface area contributed by atoms with Crippen LogP contribution >= 0.6 is 0 Å². The van der Waals surface area contributed by atoms with E-state index in [1.165, 1.54) is 4.90 Å². The van der Waals surface area contributed by atoms with E-state index < -0.39 is 17.7 Å². The van der Waals surface area contributed by atoms with E-state index in [0.717, 1.165) is 17.7 Å². The number of aliphatic hydroxyl groups is 1. The molecule has 1 unspecified atom stereocenters. The molecule has 2 aliphatic rings. The maximum absolute atomic E-state index is 13.0. The fourth-order valence-corrected chi connectivity index (χ4v) is 4.01. The molecule has 1 N–H and O–H groups in total. The van der Waals surface area contributed by atoms with Crippen LogP contribution in [0.15, 0.2) is 48.0 Å². The highest BCUT2D eigenvalue weighted by Crippen LogP contribution is 2.41. The van der Waals surface area contributed by atoms with Gasteiger partial charge in [-0.1, -0.05) is 26.0 Å². The minimum absolute atomic E-state index is 0.0716. The van der Waals surface area contributed by atoms with Gasteiger partial charge in [0.2, 0.25) is 0 Å². The van der Waals surface area contributed by atoms with Crippen molar-refractivity contribution >= 4 is 17.4 Å². The summed E-state index contributed by atoms with van der Waals surface area (Å²) in [5.74, 6) is 0.269. The van der Waals surface area contributed by atoms with Gasteiger partial charge in [0.25, 0.3) is 11.7 Å². The van der Waals surface area contributed by atoms with Crippen LogP contribution in [0.1, 0.15) is 43.9 Å². The minimum atomic E-state index is -0.692. The second-order valence-electron chi connectivity index (χ2n) is 7.77. The molecule has 0 aromatic heterocycles. The Morgan fingerprint density at radius 1 is 1.03 bits per heavy atom. The maximum Gasteiger partial charge on any atom is 0.295 e. The zero-order valence-corrected chi connectivity index (χ0v) is 18.3. The first-order valence-electron chi connectivity index (χ1n) is 11.0. The van der Waals surface area contributed by atoms with Crippen LogP contribution in [-0.2, 0) is 9.59 Å². The Hall–Kier alpha value is -3.48. The van der Waals surface area contributed by atoms with Crippen molar-refractivity contribution in [1.29, 1.82) is 0 Å². The average Bonchev–Trinajstić information content (AvgIpc) is 3.07. The van der Waals surface area contributed by atoms with Crippen molar-refractivity contribution in [3.63, 3.8) is 0 Å². The van der Waals surface area contributed by atoms with Gasteiger partial charge in [-0.3, -0.25) is 9.59 Å². The first kappa shape index (κ1) is 21.7. The number of nitrogens with zero attached hydrogens (tertiary/aromatic N) is 1. The van der Waals surface area contributed by atoms with E-state index in [-0.39, 0.29) is 11.3 Å². The van der Waals surface area contributed by atoms with Crippen LogP contribution in [0, 0.1) is 0 Å². The molecule has 2 aromatic rings. The summed E-state index contributed by atoms with van der Waals surface area (Å²) in [6.45, 7) is 5.85. The molecule has 2 aromatic carbocycles. The first-order chi connectivity index (χ1) is 15.5. The van der Waals surface area contributed by atoms with Gasteiger partial charge in [-0.25, -0.2) is 0 Å². The summed E-state index contributed by atoms with van der Waals surface area (Å²) in [4.78, 5) is 27.3. The number of aliphatic hydroxyl groups excluding tert-OH is 1. The number of fused-ring (bicyclic) bond motifs is 1. The molecule has 0 aliphatic carbocycles. The average molecular weight is 437 g/mol. The van der Waals surface area contributed by atoms with Crippen LogP contribution in [0.5, 0.6) is 17.2 Å². The molecule has 7 heteroatoms. The summed E-state index contributed by atoms with van der Waals surface area (Å²) in [6.07, 6.45) is 1.58. The van der Waals surface area contributed by atoms with Crippen molar-refractivity contribution < 1.29 is 28.9 Å². The maximum atomic E-state index is 13.0. The minimum Gasteiger partial charge on any atom is -0.507 e. The predicted molar refractivity (Wildman–Crippen MR) is 119 cm³/mol. The third-order valence-electron chi connectivity index (χ3n) is 5.49. The quantitative estimate of drug-likeness (QED) is 0.399. The van der Waals surface area contributed by atoms with Gasteiger partial charge >= 0.3 is 0 Å². The third-order valence-corrected chi connectivity index (χ3v) is 5.49. The Balaban J connectivity index is 1.77. The monoisotopic (exact) mass is 437 g/mol. The lowest BCUT2D eigenvalue weighted by Crippen LogP contribution is -2.30. The number of benzene rings is 2. The molecule has 2 heterocycles. The Kier molecular flexibility index (Phi) is 6.35. The van der Waals surface area contributed by atoms with Crippen molar-refractivity contribution in [1.82, 2.24) is 4.90 Å². The molecular weight excluding hydrogens is 410 g/mol. The van der Waals surface area contributed by atoms with Crippen LogP contribution in [0.4, 0.5) is 0 Å². The number of ketones is 1. The molecule has 32 heavy (non-hydrogen) atoms. The predicted octanol–water partition coefficient (Wildman–Crippen LogP) is 4.08. The zero-order chi connectivity index (χ0) is 22.7. The highest BCUT2D eigenvalue weighted by Gasteiger charge is 2.45. The lowest BCUT2D eigenvalue weighted by atomic mass is 9.95. The number of likely N-dealkylation sites (tertiary alicyclic amines) is 1. The molecular formula is C25H27NO6. The number of hydrogen-bond acceptors (Lipinski definition) is 6. The van der Waals surface area contributed by atoms with Crippen LogP contribution in [-0.4, -0.2) is 48.1 Å². The van der Waals surface area contributed by atoms with Crippen LogP contribution in [0.3, 0.4) is 0 Å². The third kappa shape index (κ3) is 4.02. The Morgan fingerprint density at radius 3 is 2.44 bits per heavy atom. The van der Waals surface area contributed by atoms with Gasteiger partial charge in [0, 0.05) is 12.1 Å². The SMILES string of the molecule is CCCOc1ccc(C2/C(=C(/O)c3ccc4c(c3)OCCO4)C(=O)C(=O)N2CCC)cc1. The molecule has 1 amide bonds. The molecule has 4 rings (SSSR count). The van der Waals surface area contributed by atoms with Gasteiger partial charge in [0.1, 0.15) is 24.7 Å². The molecule has 0 bridgehead atoms. The number of carbonyl (C=O) groups excluding carboxylic acids is 2. The highest BCUT2D eigenvalue weighted by atomic mass is 16.6. The smallest absolute Gasteiger partial charge is 0.295 e. The molecule has 7 nitrogen and oxygen atoms in total. The van der Waals surface area contributed by atoms with Crippen LogP contribution in [0.2, 0.25) is 0 Å². The van der Waals surface area contributed by atoms with Gasteiger partial charge in [0.05, 0.1) is 18.2 Å². The lowest BCUT2D eigenvalue weighted by molar-refractivity contribution is -0.139. The fourth-order valence-electron chi connectivity index (χ4n) is 4.01. The first-order valence-corrected chi connectivity index (χ1v) is 11.0. The van der Waals surface area contributed by atoms with E-state index in [1.807, 2.05) is 38.1 Å². The lowest BCUT2D eigenvalue weighted by Gasteiger charge is -2.25. The van der Waals surface area contributed by atoms with Gasteiger partial charge in [-0.2, -0.15) is 0 Å². The molecule has 1 atom stereocenters. The summed E-state index contributed by atoms with van der Waals surface area (Å²) >= 11 is 0. The number of ether oxygens (including phenoxy) is 3.